The van der Waals surface area contributed by atoms with E-state index in [1.54, 1.807) is 6.07 Å². The number of aromatic nitrogens is 2. The number of nitrogens with one attached hydrogen (secondary N) is 1. The minimum Gasteiger partial charge on any atom is -0.506 e. The zero-order valence-corrected chi connectivity index (χ0v) is 12.3. The number of hydrogen-bond donors (Lipinski definition) is 2. The highest BCUT2D eigenvalue weighted by Gasteiger charge is 2.07. The number of phenols is 1. The third-order valence-corrected chi connectivity index (χ3v) is 3.50. The molecule has 0 fully saturated rings. The van der Waals surface area contributed by atoms with Gasteiger partial charge in [-0.05, 0) is 42.8 Å². The molecule has 4 nitrogen and oxygen atoms in total. The van der Waals surface area contributed by atoms with Crippen LogP contribution in [0.15, 0.2) is 47.2 Å². The molecule has 0 spiro atoms. The Kier molecular flexibility index (Phi) is 3.28. The van der Waals surface area contributed by atoms with Gasteiger partial charge in [-0.15, -0.1) is 0 Å². The van der Waals surface area contributed by atoms with Crippen molar-refractivity contribution in [2.45, 2.75) is 6.92 Å². The van der Waals surface area contributed by atoms with Crippen molar-refractivity contribution in [2.24, 2.45) is 0 Å². The van der Waals surface area contributed by atoms with Crippen molar-refractivity contribution in [3.63, 3.8) is 0 Å². The molecule has 5 heteroatoms. The average Bonchev–Trinajstić information content (AvgIpc) is 2.43. The molecule has 0 saturated carbocycles. The van der Waals surface area contributed by atoms with E-state index in [4.69, 9.17) is 0 Å². The molecule has 1 heterocycles. The number of rotatable bonds is 2. The molecule has 3 aromatic rings. The minimum absolute atomic E-state index is 0.192. The molecule has 0 aliphatic carbocycles. The molecule has 0 radical (unpaired) electrons. The van der Waals surface area contributed by atoms with Gasteiger partial charge >= 0.3 is 0 Å². The maximum atomic E-state index is 9.91. The fraction of sp³-hybridized carbons (Fsp3) is 0.0667. The number of hydrogen-bond acceptors (Lipinski definition) is 4. The van der Waals surface area contributed by atoms with Crippen LogP contribution in [0, 0.1) is 6.92 Å². The molecular formula is C15H12BrN3O. The maximum absolute atomic E-state index is 9.91. The molecule has 0 bridgehead atoms. The van der Waals surface area contributed by atoms with E-state index in [2.05, 4.69) is 31.2 Å². The highest BCUT2D eigenvalue weighted by Crippen LogP contribution is 2.30. The van der Waals surface area contributed by atoms with Crippen molar-refractivity contribution < 1.29 is 5.11 Å². The second-order valence-corrected chi connectivity index (χ2v) is 5.45. The standard InChI is InChI=1S/C15H12BrN3O/c1-9-2-5-14(20)13(6-9)19-15-11-7-10(16)3-4-12(11)17-8-18-15/h2-8,20H,1H3,(H,17,18,19). The zero-order valence-electron chi connectivity index (χ0n) is 10.8. The van der Waals surface area contributed by atoms with Crippen molar-refractivity contribution in [2.75, 3.05) is 5.32 Å². The Hall–Kier alpha value is -2.14. The zero-order chi connectivity index (χ0) is 14.1. The summed E-state index contributed by atoms with van der Waals surface area (Å²) in [6.07, 6.45) is 1.51. The van der Waals surface area contributed by atoms with Gasteiger partial charge in [0.2, 0.25) is 0 Å². The van der Waals surface area contributed by atoms with Gasteiger partial charge in [0, 0.05) is 9.86 Å². The molecule has 0 aliphatic heterocycles. The Bertz CT molecular complexity index is 789. The summed E-state index contributed by atoms with van der Waals surface area (Å²) >= 11 is 3.45. The van der Waals surface area contributed by atoms with E-state index < -0.39 is 0 Å². The number of aryl methyl sites for hydroxylation is 1. The van der Waals surface area contributed by atoms with Gasteiger partial charge in [0.05, 0.1) is 11.2 Å². The SMILES string of the molecule is Cc1ccc(O)c(Nc2ncnc3ccc(Br)cc23)c1. The first-order valence-corrected chi connectivity index (χ1v) is 6.90. The first kappa shape index (κ1) is 12.9. The Labute approximate surface area is 124 Å². The molecule has 1 aromatic heterocycles. The summed E-state index contributed by atoms with van der Waals surface area (Å²) < 4.78 is 0.955. The van der Waals surface area contributed by atoms with Gasteiger partial charge in [0.15, 0.2) is 0 Å². The molecule has 0 atom stereocenters. The van der Waals surface area contributed by atoms with E-state index in [0.717, 1.165) is 20.9 Å². The van der Waals surface area contributed by atoms with Crippen LogP contribution in [0.5, 0.6) is 5.75 Å². The number of fused-ring (bicyclic) bond motifs is 1. The second kappa shape index (κ2) is 5.09. The summed E-state index contributed by atoms with van der Waals surface area (Å²) in [6, 6.07) is 11.2. The van der Waals surface area contributed by atoms with Crippen LogP contribution in [0.2, 0.25) is 0 Å². The normalized spacial score (nSPS) is 10.7. The van der Waals surface area contributed by atoms with Gasteiger partial charge in [0.25, 0.3) is 0 Å². The van der Waals surface area contributed by atoms with E-state index in [1.165, 1.54) is 6.33 Å². The predicted molar refractivity (Wildman–Crippen MR) is 83.4 cm³/mol. The summed E-state index contributed by atoms with van der Waals surface area (Å²) in [6.45, 7) is 1.97. The van der Waals surface area contributed by atoms with Gasteiger partial charge in [0.1, 0.15) is 17.9 Å². The molecule has 0 aliphatic rings. The molecule has 2 N–H and O–H groups in total. The van der Waals surface area contributed by atoms with Crippen molar-refractivity contribution >= 4 is 38.3 Å². The average molecular weight is 330 g/mol. The van der Waals surface area contributed by atoms with Crippen LogP contribution >= 0.6 is 15.9 Å². The van der Waals surface area contributed by atoms with Crippen LogP contribution < -0.4 is 5.32 Å². The second-order valence-electron chi connectivity index (χ2n) is 4.53. The quantitative estimate of drug-likeness (QED) is 0.693. The van der Waals surface area contributed by atoms with Crippen molar-refractivity contribution in [3.05, 3.63) is 52.8 Å². The topological polar surface area (TPSA) is 58.0 Å². The molecule has 100 valence electrons. The third kappa shape index (κ3) is 2.44. The number of aromatic hydroxyl groups is 1. The van der Waals surface area contributed by atoms with Crippen LogP contribution in [-0.2, 0) is 0 Å². The Balaban J connectivity index is 2.10. The molecular weight excluding hydrogens is 318 g/mol. The van der Waals surface area contributed by atoms with E-state index in [1.807, 2.05) is 37.3 Å². The molecule has 20 heavy (non-hydrogen) atoms. The highest BCUT2D eigenvalue weighted by atomic mass is 79.9. The first-order valence-electron chi connectivity index (χ1n) is 6.10. The molecule has 0 amide bonds. The molecule has 2 aromatic carbocycles. The highest BCUT2D eigenvalue weighted by molar-refractivity contribution is 9.10. The van der Waals surface area contributed by atoms with Crippen LogP contribution in [0.4, 0.5) is 11.5 Å². The molecule has 0 saturated heterocycles. The molecule has 3 rings (SSSR count). The number of nitrogens with zero attached hydrogens (tertiary/aromatic N) is 2. The third-order valence-electron chi connectivity index (χ3n) is 3.00. The van der Waals surface area contributed by atoms with E-state index in [9.17, 15) is 5.11 Å². The van der Waals surface area contributed by atoms with Crippen LogP contribution in [0.3, 0.4) is 0 Å². The van der Waals surface area contributed by atoms with Gasteiger partial charge < -0.3 is 10.4 Å². The molecule has 0 unspecified atom stereocenters. The summed E-state index contributed by atoms with van der Waals surface area (Å²) in [5.74, 6) is 0.856. The first-order chi connectivity index (χ1) is 9.63. The van der Waals surface area contributed by atoms with Crippen molar-refractivity contribution in [1.82, 2.24) is 9.97 Å². The van der Waals surface area contributed by atoms with Crippen LogP contribution in [0.25, 0.3) is 10.9 Å². The Morgan fingerprint density at radius 3 is 2.80 bits per heavy atom. The largest absolute Gasteiger partial charge is 0.506 e. The van der Waals surface area contributed by atoms with Crippen LogP contribution in [-0.4, -0.2) is 15.1 Å². The van der Waals surface area contributed by atoms with E-state index in [0.29, 0.717) is 11.5 Å². The van der Waals surface area contributed by atoms with Crippen molar-refractivity contribution in [1.29, 1.82) is 0 Å². The van der Waals surface area contributed by atoms with E-state index in [-0.39, 0.29) is 5.75 Å². The van der Waals surface area contributed by atoms with Gasteiger partial charge in [-0.3, -0.25) is 0 Å². The number of halogens is 1. The summed E-state index contributed by atoms with van der Waals surface area (Å²) in [4.78, 5) is 8.49. The lowest BCUT2D eigenvalue weighted by molar-refractivity contribution is 0.477. The van der Waals surface area contributed by atoms with Gasteiger partial charge in [-0.1, -0.05) is 22.0 Å². The lowest BCUT2D eigenvalue weighted by atomic mass is 10.2. The lowest BCUT2D eigenvalue weighted by Gasteiger charge is -2.10. The Morgan fingerprint density at radius 1 is 1.10 bits per heavy atom. The monoisotopic (exact) mass is 329 g/mol. The van der Waals surface area contributed by atoms with Gasteiger partial charge in [-0.2, -0.15) is 0 Å². The lowest BCUT2D eigenvalue weighted by Crippen LogP contribution is -1.96. The fourth-order valence-corrected chi connectivity index (χ4v) is 2.37. The fourth-order valence-electron chi connectivity index (χ4n) is 2.01. The predicted octanol–water partition coefficient (Wildman–Crippen LogP) is 4.15. The number of phenolic OH excluding ortho intramolecular Hbond substituents is 1. The minimum atomic E-state index is 0.192. The van der Waals surface area contributed by atoms with Crippen molar-refractivity contribution in [3.8, 4) is 5.75 Å². The smallest absolute Gasteiger partial charge is 0.141 e. The van der Waals surface area contributed by atoms with E-state index >= 15 is 0 Å². The van der Waals surface area contributed by atoms with Crippen LogP contribution in [0.1, 0.15) is 5.56 Å². The number of benzene rings is 2. The number of anilines is 2. The van der Waals surface area contributed by atoms with Gasteiger partial charge in [-0.25, -0.2) is 9.97 Å². The Morgan fingerprint density at radius 2 is 1.95 bits per heavy atom. The summed E-state index contributed by atoms with van der Waals surface area (Å²) in [5.41, 5.74) is 2.53. The summed E-state index contributed by atoms with van der Waals surface area (Å²) in [7, 11) is 0. The maximum Gasteiger partial charge on any atom is 0.141 e. The summed E-state index contributed by atoms with van der Waals surface area (Å²) in [5, 5.41) is 14.0.